The third kappa shape index (κ3) is 3.06. The second kappa shape index (κ2) is 6.70. The average molecular weight is 381 g/mol. The van der Waals surface area contributed by atoms with Gasteiger partial charge in [0.15, 0.2) is 0 Å². The number of hydrogen-bond donors (Lipinski definition) is 1. The van der Waals surface area contributed by atoms with E-state index in [2.05, 4.69) is 4.72 Å². The summed E-state index contributed by atoms with van der Waals surface area (Å²) in [7, 11) is -2.43. The standard InChI is InChI=1S/C21H19NO4S/c1-26-18-10-4-8-15-12-13-17(20(15)18)21(23)22-27(24,25)19-11-5-7-14-6-2-3-9-16(14)19/h2-11,17H,12-13H2,1H3,(H,22,23). The van der Waals surface area contributed by atoms with Crippen molar-refractivity contribution in [2.24, 2.45) is 0 Å². The molecule has 1 aliphatic carbocycles. The quantitative estimate of drug-likeness (QED) is 0.752. The molecule has 1 aliphatic rings. The van der Waals surface area contributed by atoms with Gasteiger partial charge in [-0.1, -0.05) is 48.5 Å². The number of hydrogen-bond acceptors (Lipinski definition) is 4. The minimum Gasteiger partial charge on any atom is -0.496 e. The van der Waals surface area contributed by atoms with Crippen molar-refractivity contribution in [3.8, 4) is 5.75 Å². The largest absolute Gasteiger partial charge is 0.496 e. The molecule has 1 N–H and O–H groups in total. The number of aryl methyl sites for hydroxylation is 1. The molecule has 0 saturated carbocycles. The van der Waals surface area contributed by atoms with E-state index >= 15 is 0 Å². The van der Waals surface area contributed by atoms with Gasteiger partial charge in [-0.2, -0.15) is 0 Å². The monoisotopic (exact) mass is 381 g/mol. The van der Waals surface area contributed by atoms with Crippen molar-refractivity contribution in [3.63, 3.8) is 0 Å². The average Bonchev–Trinajstić information content (AvgIpc) is 3.11. The van der Waals surface area contributed by atoms with E-state index in [1.165, 1.54) is 6.07 Å². The number of amides is 1. The first-order valence-corrected chi connectivity index (χ1v) is 10.2. The van der Waals surface area contributed by atoms with Crippen LogP contribution in [0.3, 0.4) is 0 Å². The van der Waals surface area contributed by atoms with Gasteiger partial charge in [-0.05, 0) is 35.9 Å². The van der Waals surface area contributed by atoms with Crippen molar-refractivity contribution in [2.45, 2.75) is 23.7 Å². The Hall–Kier alpha value is -2.86. The van der Waals surface area contributed by atoms with Crippen LogP contribution in [0.15, 0.2) is 65.6 Å². The van der Waals surface area contributed by atoms with Gasteiger partial charge in [0.2, 0.25) is 5.91 Å². The number of nitrogens with one attached hydrogen (secondary N) is 1. The summed E-state index contributed by atoms with van der Waals surface area (Å²) < 4.78 is 33.5. The third-order valence-electron chi connectivity index (χ3n) is 5.02. The second-order valence-corrected chi connectivity index (χ2v) is 8.22. The zero-order valence-corrected chi connectivity index (χ0v) is 15.6. The Kier molecular flexibility index (Phi) is 4.36. The summed E-state index contributed by atoms with van der Waals surface area (Å²) in [6, 6.07) is 17.9. The van der Waals surface area contributed by atoms with Crippen LogP contribution in [0.1, 0.15) is 23.5 Å². The molecule has 3 aromatic carbocycles. The number of methoxy groups -OCH3 is 1. The molecule has 0 radical (unpaired) electrons. The van der Waals surface area contributed by atoms with Gasteiger partial charge in [-0.25, -0.2) is 13.1 Å². The Labute approximate surface area is 158 Å². The molecule has 138 valence electrons. The molecule has 0 fully saturated rings. The zero-order valence-electron chi connectivity index (χ0n) is 14.8. The maximum Gasteiger partial charge on any atom is 0.264 e. The van der Waals surface area contributed by atoms with Crippen molar-refractivity contribution in [1.82, 2.24) is 4.72 Å². The summed E-state index contributed by atoms with van der Waals surface area (Å²) >= 11 is 0. The molecule has 5 nitrogen and oxygen atoms in total. The van der Waals surface area contributed by atoms with Gasteiger partial charge in [0.1, 0.15) is 5.75 Å². The molecule has 0 heterocycles. The van der Waals surface area contributed by atoms with Crippen molar-refractivity contribution in [1.29, 1.82) is 0 Å². The van der Waals surface area contributed by atoms with Crippen molar-refractivity contribution in [3.05, 3.63) is 71.8 Å². The third-order valence-corrected chi connectivity index (χ3v) is 6.42. The lowest BCUT2D eigenvalue weighted by Gasteiger charge is -2.16. The van der Waals surface area contributed by atoms with Crippen LogP contribution in [0.2, 0.25) is 0 Å². The summed E-state index contributed by atoms with van der Waals surface area (Å²) in [5.41, 5.74) is 1.81. The lowest BCUT2D eigenvalue weighted by atomic mass is 10.00. The molecule has 6 heteroatoms. The first-order valence-electron chi connectivity index (χ1n) is 8.71. The van der Waals surface area contributed by atoms with Gasteiger partial charge < -0.3 is 4.74 Å². The van der Waals surface area contributed by atoms with E-state index in [1.807, 2.05) is 30.3 Å². The van der Waals surface area contributed by atoms with Gasteiger partial charge in [-0.15, -0.1) is 0 Å². The van der Waals surface area contributed by atoms with Crippen LogP contribution in [0.25, 0.3) is 10.8 Å². The van der Waals surface area contributed by atoms with Crippen LogP contribution in [-0.4, -0.2) is 21.4 Å². The van der Waals surface area contributed by atoms with E-state index in [-0.39, 0.29) is 4.90 Å². The number of carbonyl (C=O) groups is 1. The Balaban J connectivity index is 1.68. The van der Waals surface area contributed by atoms with E-state index in [4.69, 9.17) is 4.74 Å². The fourth-order valence-corrected chi connectivity index (χ4v) is 5.03. The Morgan fingerprint density at radius 1 is 1.04 bits per heavy atom. The van der Waals surface area contributed by atoms with Gasteiger partial charge in [0.25, 0.3) is 10.0 Å². The SMILES string of the molecule is COc1cccc2c1C(C(=O)NS(=O)(=O)c1cccc3ccccc13)CC2. The van der Waals surface area contributed by atoms with Crippen molar-refractivity contribution in [2.75, 3.05) is 7.11 Å². The minimum absolute atomic E-state index is 0.104. The highest BCUT2D eigenvalue weighted by atomic mass is 32.2. The van der Waals surface area contributed by atoms with Gasteiger partial charge in [0, 0.05) is 10.9 Å². The summed E-state index contributed by atoms with van der Waals surface area (Å²) in [4.78, 5) is 13.0. The van der Waals surface area contributed by atoms with Crippen molar-refractivity contribution < 1.29 is 17.9 Å². The number of rotatable bonds is 4. The van der Waals surface area contributed by atoms with E-state index in [0.717, 1.165) is 22.9 Å². The smallest absolute Gasteiger partial charge is 0.264 e. The molecule has 3 aromatic rings. The van der Waals surface area contributed by atoms with E-state index < -0.39 is 21.8 Å². The molecule has 0 spiro atoms. The summed E-state index contributed by atoms with van der Waals surface area (Å²) in [6.07, 6.45) is 1.28. The Morgan fingerprint density at radius 2 is 1.78 bits per heavy atom. The number of sulfonamides is 1. The maximum absolute atomic E-state index is 12.9. The number of carbonyl (C=O) groups excluding carboxylic acids is 1. The first-order chi connectivity index (χ1) is 13.0. The summed E-state index contributed by atoms with van der Waals surface area (Å²) in [6.45, 7) is 0. The molecule has 0 bridgehead atoms. The van der Waals surface area contributed by atoms with Gasteiger partial charge in [-0.3, -0.25) is 4.79 Å². The van der Waals surface area contributed by atoms with E-state index in [9.17, 15) is 13.2 Å². The highest BCUT2D eigenvalue weighted by Crippen LogP contribution is 2.39. The van der Waals surface area contributed by atoms with Gasteiger partial charge in [0.05, 0.1) is 17.9 Å². The minimum atomic E-state index is -3.99. The van der Waals surface area contributed by atoms with Crippen LogP contribution in [0.4, 0.5) is 0 Å². The van der Waals surface area contributed by atoms with Crippen LogP contribution >= 0.6 is 0 Å². The molecule has 1 amide bonds. The number of ether oxygens (including phenoxy) is 1. The Bertz CT molecular complexity index is 1130. The lowest BCUT2D eigenvalue weighted by molar-refractivity contribution is -0.120. The molecular weight excluding hydrogens is 362 g/mol. The van der Waals surface area contributed by atoms with Crippen LogP contribution < -0.4 is 9.46 Å². The normalized spacial score (nSPS) is 16.1. The molecule has 0 aromatic heterocycles. The lowest BCUT2D eigenvalue weighted by Crippen LogP contribution is -2.34. The zero-order chi connectivity index (χ0) is 19.0. The summed E-state index contributed by atoms with van der Waals surface area (Å²) in [5.74, 6) is -0.445. The predicted octanol–water partition coefficient (Wildman–Crippen LogP) is 3.38. The molecule has 4 rings (SSSR count). The first kappa shape index (κ1) is 17.5. The summed E-state index contributed by atoms with van der Waals surface area (Å²) in [5, 5.41) is 1.39. The molecule has 1 unspecified atom stereocenters. The van der Waals surface area contributed by atoms with Crippen LogP contribution in [-0.2, 0) is 21.2 Å². The van der Waals surface area contributed by atoms with Crippen LogP contribution in [0, 0.1) is 0 Å². The Morgan fingerprint density at radius 3 is 2.59 bits per heavy atom. The number of benzene rings is 3. The van der Waals surface area contributed by atoms with E-state index in [0.29, 0.717) is 17.6 Å². The molecule has 27 heavy (non-hydrogen) atoms. The molecular formula is C21H19NO4S. The second-order valence-electron chi connectivity index (χ2n) is 6.57. The van der Waals surface area contributed by atoms with Gasteiger partial charge >= 0.3 is 0 Å². The predicted molar refractivity (Wildman–Crippen MR) is 103 cm³/mol. The topological polar surface area (TPSA) is 72.5 Å². The fourth-order valence-electron chi connectivity index (χ4n) is 3.78. The highest BCUT2D eigenvalue weighted by molar-refractivity contribution is 7.90. The maximum atomic E-state index is 12.9. The molecule has 0 aliphatic heterocycles. The molecule has 1 atom stereocenters. The van der Waals surface area contributed by atoms with E-state index in [1.54, 1.807) is 31.4 Å². The molecule has 0 saturated heterocycles. The highest BCUT2D eigenvalue weighted by Gasteiger charge is 2.34. The van der Waals surface area contributed by atoms with Crippen LogP contribution in [0.5, 0.6) is 5.75 Å². The fraction of sp³-hybridized carbons (Fsp3) is 0.190. The number of fused-ring (bicyclic) bond motifs is 2. The van der Waals surface area contributed by atoms with Crippen molar-refractivity contribution >= 4 is 26.7 Å².